The molecule has 0 aromatic rings. The van der Waals surface area contributed by atoms with E-state index in [9.17, 15) is 4.79 Å². The van der Waals surface area contributed by atoms with E-state index in [-0.39, 0.29) is 11.6 Å². The van der Waals surface area contributed by atoms with Crippen molar-refractivity contribution in [2.75, 3.05) is 0 Å². The summed E-state index contributed by atoms with van der Waals surface area (Å²) in [4.78, 5) is 12.8. The predicted molar refractivity (Wildman–Crippen MR) is 89.7 cm³/mol. The molecule has 6 saturated carbocycles. The fraction of sp³-hybridized carbons (Fsp3) is 0.952. The first kappa shape index (κ1) is 14.8. The second-order valence-corrected chi connectivity index (χ2v) is 9.77. The molecule has 6 rings (SSSR count). The minimum Gasteiger partial charge on any atom is -0.459 e. The van der Waals surface area contributed by atoms with Crippen molar-refractivity contribution in [3.05, 3.63) is 0 Å². The third kappa shape index (κ3) is 2.30. The maximum atomic E-state index is 12.8. The lowest BCUT2D eigenvalue weighted by atomic mass is 9.51. The number of hydrogen-bond acceptors (Lipinski definition) is 2. The summed E-state index contributed by atoms with van der Waals surface area (Å²) >= 11 is 0. The number of esters is 1. The van der Waals surface area contributed by atoms with Crippen LogP contribution in [-0.4, -0.2) is 11.6 Å². The molecule has 2 nitrogen and oxygen atoms in total. The molecule has 0 amide bonds. The Morgan fingerprint density at radius 3 is 2.17 bits per heavy atom. The molecule has 0 N–H and O–H groups in total. The van der Waals surface area contributed by atoms with E-state index in [0.717, 1.165) is 48.9 Å². The van der Waals surface area contributed by atoms with Gasteiger partial charge in [-0.1, -0.05) is 6.92 Å². The van der Waals surface area contributed by atoms with E-state index < -0.39 is 0 Å². The number of rotatable bonds is 4. The molecule has 6 aliphatic rings. The number of carbonyl (C=O) groups excluding carboxylic acids is 1. The van der Waals surface area contributed by atoms with Gasteiger partial charge in [-0.3, -0.25) is 4.79 Å². The quantitative estimate of drug-likeness (QED) is 0.685. The standard InChI is InChI=1S/C21H32O2/c1-2-21(12-13-3-4-18(21)10-13)23-20(22)11-19-16-6-14-5-15(8-16)9-17(19)7-14/h13-19H,2-12H2,1H3. The number of ether oxygens (including phenoxy) is 1. The normalized spacial score (nSPS) is 53.0. The van der Waals surface area contributed by atoms with E-state index in [2.05, 4.69) is 6.92 Å². The predicted octanol–water partition coefficient (Wildman–Crippen LogP) is 4.96. The highest BCUT2D eigenvalue weighted by atomic mass is 16.6. The first-order valence-corrected chi connectivity index (χ1v) is 10.4. The van der Waals surface area contributed by atoms with Crippen LogP contribution in [-0.2, 0) is 9.53 Å². The summed E-state index contributed by atoms with van der Waals surface area (Å²) < 4.78 is 6.25. The van der Waals surface area contributed by atoms with Crippen LogP contribution >= 0.6 is 0 Å². The van der Waals surface area contributed by atoms with Gasteiger partial charge in [-0.15, -0.1) is 0 Å². The highest BCUT2D eigenvalue weighted by Crippen LogP contribution is 2.58. The molecule has 3 unspecified atom stereocenters. The van der Waals surface area contributed by atoms with Crippen molar-refractivity contribution < 1.29 is 9.53 Å². The average molecular weight is 316 g/mol. The molecular formula is C21H32O2. The molecule has 0 spiro atoms. The summed E-state index contributed by atoms with van der Waals surface area (Å²) in [6.45, 7) is 2.23. The Hall–Kier alpha value is -0.530. The molecule has 23 heavy (non-hydrogen) atoms. The molecule has 6 fully saturated rings. The first-order chi connectivity index (χ1) is 11.1. The van der Waals surface area contributed by atoms with Gasteiger partial charge < -0.3 is 4.74 Å². The van der Waals surface area contributed by atoms with Crippen LogP contribution in [0.4, 0.5) is 0 Å². The monoisotopic (exact) mass is 316 g/mol. The lowest BCUT2D eigenvalue weighted by Gasteiger charge is -2.54. The van der Waals surface area contributed by atoms with Gasteiger partial charge in [-0.05, 0) is 106 Å². The van der Waals surface area contributed by atoms with Crippen molar-refractivity contribution in [3.8, 4) is 0 Å². The van der Waals surface area contributed by atoms with Gasteiger partial charge in [0, 0.05) is 6.42 Å². The Kier molecular flexibility index (Phi) is 3.36. The van der Waals surface area contributed by atoms with Crippen LogP contribution < -0.4 is 0 Å². The number of carbonyl (C=O) groups is 1. The minimum atomic E-state index is -0.0775. The van der Waals surface area contributed by atoms with Gasteiger partial charge in [-0.25, -0.2) is 0 Å². The van der Waals surface area contributed by atoms with Gasteiger partial charge in [0.2, 0.25) is 0 Å². The van der Waals surface area contributed by atoms with E-state index in [4.69, 9.17) is 4.74 Å². The van der Waals surface area contributed by atoms with Gasteiger partial charge in [0.25, 0.3) is 0 Å². The van der Waals surface area contributed by atoms with Gasteiger partial charge in [-0.2, -0.15) is 0 Å². The van der Waals surface area contributed by atoms with Crippen molar-refractivity contribution in [2.24, 2.45) is 41.4 Å². The maximum Gasteiger partial charge on any atom is 0.306 e. The average Bonchev–Trinajstić information content (AvgIpc) is 3.11. The summed E-state index contributed by atoms with van der Waals surface area (Å²) in [6, 6.07) is 0. The maximum absolute atomic E-state index is 12.8. The molecule has 0 aromatic carbocycles. The molecular weight excluding hydrogens is 284 g/mol. The Morgan fingerprint density at radius 2 is 1.65 bits per heavy atom. The molecule has 2 heteroatoms. The zero-order chi connectivity index (χ0) is 15.6. The second-order valence-electron chi connectivity index (χ2n) is 9.77. The first-order valence-electron chi connectivity index (χ1n) is 10.4. The zero-order valence-corrected chi connectivity index (χ0v) is 14.6. The highest BCUT2D eigenvalue weighted by Gasteiger charge is 2.53. The molecule has 0 saturated heterocycles. The van der Waals surface area contributed by atoms with E-state index in [1.165, 1.54) is 51.4 Å². The van der Waals surface area contributed by atoms with Gasteiger partial charge in [0.05, 0.1) is 0 Å². The second kappa shape index (κ2) is 5.23. The van der Waals surface area contributed by atoms with Crippen molar-refractivity contribution >= 4 is 5.97 Å². The summed E-state index contributed by atoms with van der Waals surface area (Å²) in [7, 11) is 0. The van der Waals surface area contributed by atoms with Crippen molar-refractivity contribution in [1.82, 2.24) is 0 Å². The third-order valence-electron chi connectivity index (χ3n) is 8.66. The molecule has 0 radical (unpaired) electrons. The largest absolute Gasteiger partial charge is 0.459 e. The molecule has 0 aromatic heterocycles. The van der Waals surface area contributed by atoms with Crippen molar-refractivity contribution in [3.63, 3.8) is 0 Å². The molecule has 3 atom stereocenters. The van der Waals surface area contributed by atoms with Gasteiger partial charge in [0.15, 0.2) is 0 Å². The lowest BCUT2D eigenvalue weighted by Crippen LogP contribution is -2.47. The smallest absolute Gasteiger partial charge is 0.306 e. The SMILES string of the molecule is CCC1(OC(=O)CC2C3CC4CC(C3)CC2C4)CC2CCC1C2. The van der Waals surface area contributed by atoms with Crippen LogP contribution in [0.5, 0.6) is 0 Å². The molecule has 0 aliphatic heterocycles. The number of fused-ring (bicyclic) bond motifs is 2. The fourth-order valence-corrected chi connectivity index (χ4v) is 7.86. The molecule has 6 aliphatic carbocycles. The highest BCUT2D eigenvalue weighted by molar-refractivity contribution is 5.70. The topological polar surface area (TPSA) is 26.3 Å². The summed E-state index contributed by atoms with van der Waals surface area (Å²) in [5.74, 6) is 6.00. The Morgan fingerprint density at radius 1 is 0.957 bits per heavy atom. The summed E-state index contributed by atoms with van der Waals surface area (Å²) in [6.07, 6.45) is 14.0. The van der Waals surface area contributed by atoms with Crippen LogP contribution in [0.1, 0.15) is 77.6 Å². The molecule has 6 bridgehead atoms. The van der Waals surface area contributed by atoms with Crippen LogP contribution in [0.2, 0.25) is 0 Å². The van der Waals surface area contributed by atoms with Crippen LogP contribution in [0.15, 0.2) is 0 Å². The Labute approximate surface area is 140 Å². The summed E-state index contributed by atoms with van der Waals surface area (Å²) in [5.41, 5.74) is -0.0775. The zero-order valence-electron chi connectivity index (χ0n) is 14.6. The number of hydrogen-bond donors (Lipinski definition) is 0. The lowest BCUT2D eigenvalue weighted by molar-refractivity contribution is -0.171. The minimum absolute atomic E-state index is 0.0775. The van der Waals surface area contributed by atoms with E-state index in [1.807, 2.05) is 0 Å². The van der Waals surface area contributed by atoms with E-state index in [0.29, 0.717) is 11.8 Å². The fourth-order valence-electron chi connectivity index (χ4n) is 7.86. The third-order valence-corrected chi connectivity index (χ3v) is 8.66. The van der Waals surface area contributed by atoms with Crippen LogP contribution in [0.25, 0.3) is 0 Å². The van der Waals surface area contributed by atoms with Crippen molar-refractivity contribution in [1.29, 1.82) is 0 Å². The molecule has 128 valence electrons. The van der Waals surface area contributed by atoms with E-state index >= 15 is 0 Å². The van der Waals surface area contributed by atoms with Gasteiger partial charge >= 0.3 is 5.97 Å². The summed E-state index contributed by atoms with van der Waals surface area (Å²) in [5, 5.41) is 0. The Balaban J connectivity index is 1.25. The Bertz CT molecular complexity index is 470. The van der Waals surface area contributed by atoms with Crippen LogP contribution in [0, 0.1) is 41.4 Å². The van der Waals surface area contributed by atoms with Crippen LogP contribution in [0.3, 0.4) is 0 Å². The molecule has 0 heterocycles. The van der Waals surface area contributed by atoms with E-state index in [1.54, 1.807) is 0 Å². The van der Waals surface area contributed by atoms with Crippen molar-refractivity contribution in [2.45, 2.75) is 83.2 Å². The van der Waals surface area contributed by atoms with Gasteiger partial charge in [0.1, 0.15) is 5.60 Å².